The third kappa shape index (κ3) is 1.24. The van der Waals surface area contributed by atoms with Gasteiger partial charge in [-0.3, -0.25) is 4.98 Å². The molecule has 0 radical (unpaired) electrons. The van der Waals surface area contributed by atoms with Crippen molar-refractivity contribution in [3.05, 3.63) is 29.2 Å². The number of hydrogen-bond acceptors (Lipinski definition) is 3. The predicted molar refractivity (Wildman–Crippen MR) is 55.5 cm³/mol. The summed E-state index contributed by atoms with van der Waals surface area (Å²) >= 11 is 5.61. The highest BCUT2D eigenvalue weighted by atomic mass is 35.5. The second kappa shape index (κ2) is 2.99. The Hall–Kier alpha value is -1.55. The summed E-state index contributed by atoms with van der Waals surface area (Å²) in [7, 11) is 0. The molecule has 1 aromatic carbocycles. The molecule has 0 aliphatic heterocycles. The van der Waals surface area contributed by atoms with Crippen molar-refractivity contribution < 1.29 is 4.39 Å². The van der Waals surface area contributed by atoms with E-state index in [0.717, 1.165) is 0 Å². The molecule has 14 heavy (non-hydrogen) atoms. The third-order valence-electron chi connectivity index (χ3n) is 1.98. The van der Waals surface area contributed by atoms with E-state index in [1.54, 1.807) is 0 Å². The summed E-state index contributed by atoms with van der Waals surface area (Å²) in [6.45, 7) is 0. The predicted octanol–water partition coefficient (Wildman–Crippen LogP) is 2.19. The van der Waals surface area contributed by atoms with Crippen molar-refractivity contribution in [3.8, 4) is 0 Å². The summed E-state index contributed by atoms with van der Waals surface area (Å²) < 4.78 is 13.0. The third-order valence-corrected chi connectivity index (χ3v) is 2.27. The second-order valence-electron chi connectivity index (χ2n) is 2.91. The zero-order valence-corrected chi connectivity index (χ0v) is 7.85. The summed E-state index contributed by atoms with van der Waals surface area (Å²) in [5.74, 6) is -0.518. The van der Waals surface area contributed by atoms with Gasteiger partial charge in [-0.15, -0.1) is 0 Å². The van der Waals surface area contributed by atoms with Gasteiger partial charge in [0.1, 0.15) is 5.82 Å². The van der Waals surface area contributed by atoms with E-state index < -0.39 is 5.82 Å². The molecule has 2 rings (SSSR count). The maximum Gasteiger partial charge on any atom is 0.143 e. The number of rotatable bonds is 0. The molecule has 0 saturated carbocycles. The number of fused-ring (bicyclic) bond motifs is 1. The van der Waals surface area contributed by atoms with Crippen molar-refractivity contribution in [2.45, 2.75) is 0 Å². The molecule has 0 saturated heterocycles. The second-order valence-corrected chi connectivity index (χ2v) is 3.32. The molecule has 72 valence electrons. The Morgan fingerprint density at radius 3 is 2.71 bits per heavy atom. The van der Waals surface area contributed by atoms with E-state index in [-0.39, 0.29) is 5.02 Å². The molecular weight excluding hydrogens is 205 g/mol. The Bertz CT molecular complexity index is 513. The van der Waals surface area contributed by atoms with Crippen molar-refractivity contribution in [1.29, 1.82) is 0 Å². The van der Waals surface area contributed by atoms with Crippen LogP contribution in [0.5, 0.6) is 0 Å². The summed E-state index contributed by atoms with van der Waals surface area (Å²) in [6.07, 6.45) is 1.39. The molecule has 0 atom stereocenters. The van der Waals surface area contributed by atoms with E-state index in [0.29, 0.717) is 22.3 Å². The zero-order chi connectivity index (χ0) is 10.3. The number of nitrogens with zero attached hydrogens (tertiary/aromatic N) is 1. The topological polar surface area (TPSA) is 64.9 Å². The highest BCUT2D eigenvalue weighted by molar-refractivity contribution is 6.31. The van der Waals surface area contributed by atoms with E-state index >= 15 is 0 Å². The lowest BCUT2D eigenvalue weighted by atomic mass is 10.1. The molecule has 0 bridgehead atoms. The van der Waals surface area contributed by atoms with Gasteiger partial charge in [0.05, 0.1) is 28.1 Å². The van der Waals surface area contributed by atoms with Gasteiger partial charge in [0.15, 0.2) is 0 Å². The Kier molecular flexibility index (Phi) is 1.93. The first-order chi connectivity index (χ1) is 6.59. The highest BCUT2D eigenvalue weighted by Crippen LogP contribution is 2.28. The molecule has 0 fully saturated rings. The molecule has 1 heterocycles. The molecule has 1 aromatic heterocycles. The van der Waals surface area contributed by atoms with Gasteiger partial charge in [-0.25, -0.2) is 4.39 Å². The van der Waals surface area contributed by atoms with E-state index in [1.165, 1.54) is 18.3 Å². The number of anilines is 2. The molecule has 0 aliphatic rings. The van der Waals surface area contributed by atoms with Crippen LogP contribution >= 0.6 is 11.6 Å². The lowest BCUT2D eigenvalue weighted by Gasteiger charge is -2.05. The number of halogens is 2. The van der Waals surface area contributed by atoms with Crippen LogP contribution in [0.3, 0.4) is 0 Å². The van der Waals surface area contributed by atoms with E-state index in [9.17, 15) is 4.39 Å². The molecule has 4 N–H and O–H groups in total. The fourth-order valence-electron chi connectivity index (χ4n) is 1.22. The lowest BCUT2D eigenvalue weighted by Crippen LogP contribution is -1.97. The van der Waals surface area contributed by atoms with Crippen LogP contribution in [-0.2, 0) is 0 Å². The van der Waals surface area contributed by atoms with E-state index in [4.69, 9.17) is 23.1 Å². The van der Waals surface area contributed by atoms with Gasteiger partial charge < -0.3 is 11.5 Å². The van der Waals surface area contributed by atoms with Crippen LogP contribution in [0.15, 0.2) is 18.3 Å². The molecular formula is C9H7ClFN3. The van der Waals surface area contributed by atoms with Crippen LogP contribution in [0.1, 0.15) is 0 Å². The first-order valence-corrected chi connectivity index (χ1v) is 4.26. The van der Waals surface area contributed by atoms with Gasteiger partial charge in [-0.1, -0.05) is 11.6 Å². The van der Waals surface area contributed by atoms with Gasteiger partial charge in [0, 0.05) is 11.5 Å². The van der Waals surface area contributed by atoms with Crippen LogP contribution in [-0.4, -0.2) is 4.98 Å². The van der Waals surface area contributed by atoms with Crippen molar-refractivity contribution in [2.75, 3.05) is 11.5 Å². The van der Waals surface area contributed by atoms with Crippen LogP contribution < -0.4 is 11.5 Å². The normalized spacial score (nSPS) is 10.7. The minimum atomic E-state index is -0.518. The van der Waals surface area contributed by atoms with Crippen molar-refractivity contribution in [2.24, 2.45) is 0 Å². The Morgan fingerprint density at radius 2 is 2.00 bits per heavy atom. The average Bonchev–Trinajstić information content (AvgIpc) is 2.15. The van der Waals surface area contributed by atoms with Crippen LogP contribution in [0, 0.1) is 5.82 Å². The molecule has 3 nitrogen and oxygen atoms in total. The number of benzene rings is 1. The largest absolute Gasteiger partial charge is 0.396 e. The lowest BCUT2D eigenvalue weighted by molar-refractivity contribution is 0.630. The monoisotopic (exact) mass is 211 g/mol. The maximum atomic E-state index is 13.0. The van der Waals surface area contributed by atoms with Gasteiger partial charge in [0.25, 0.3) is 0 Å². The summed E-state index contributed by atoms with van der Waals surface area (Å²) in [6, 6.07) is 2.65. The summed E-state index contributed by atoms with van der Waals surface area (Å²) in [5, 5.41) is 0.577. The van der Waals surface area contributed by atoms with Crippen molar-refractivity contribution >= 4 is 33.9 Å². The number of nitrogen functional groups attached to an aromatic ring is 2. The van der Waals surface area contributed by atoms with Gasteiger partial charge in [-0.2, -0.15) is 0 Å². The highest BCUT2D eigenvalue weighted by Gasteiger charge is 2.07. The van der Waals surface area contributed by atoms with Crippen LogP contribution in [0.2, 0.25) is 5.02 Å². The van der Waals surface area contributed by atoms with Gasteiger partial charge in [-0.05, 0) is 6.07 Å². The Morgan fingerprint density at radius 1 is 1.29 bits per heavy atom. The van der Waals surface area contributed by atoms with E-state index in [1.807, 2.05) is 0 Å². The molecule has 0 amide bonds. The average molecular weight is 212 g/mol. The van der Waals surface area contributed by atoms with Crippen LogP contribution in [0.4, 0.5) is 15.8 Å². The minimum Gasteiger partial charge on any atom is -0.396 e. The maximum absolute atomic E-state index is 13.0. The van der Waals surface area contributed by atoms with Crippen molar-refractivity contribution in [3.63, 3.8) is 0 Å². The fraction of sp³-hybridized carbons (Fsp3) is 0. The van der Waals surface area contributed by atoms with Gasteiger partial charge >= 0.3 is 0 Å². The van der Waals surface area contributed by atoms with Crippen LogP contribution in [0.25, 0.3) is 10.9 Å². The quantitative estimate of drug-likeness (QED) is 0.702. The molecule has 5 heteroatoms. The number of hydrogen-bond donors (Lipinski definition) is 2. The SMILES string of the molecule is Nc1cnc2cc(F)c(Cl)cc2c1N. The summed E-state index contributed by atoms with van der Waals surface area (Å²) in [5.41, 5.74) is 12.4. The molecule has 0 aliphatic carbocycles. The zero-order valence-electron chi connectivity index (χ0n) is 7.09. The van der Waals surface area contributed by atoms with Crippen molar-refractivity contribution in [1.82, 2.24) is 4.98 Å². The summed E-state index contributed by atoms with van der Waals surface area (Å²) in [4.78, 5) is 3.94. The molecule has 0 unspecified atom stereocenters. The van der Waals surface area contributed by atoms with Gasteiger partial charge in [0.2, 0.25) is 0 Å². The smallest absolute Gasteiger partial charge is 0.143 e. The standard InChI is InChI=1S/C9H7ClFN3/c10-5-1-4-8(2-6(5)11)14-3-7(12)9(4)13/h1-3H,12H2,(H2,13,14). The molecule has 2 aromatic rings. The first kappa shape index (κ1) is 9.02. The fourth-order valence-corrected chi connectivity index (χ4v) is 1.39. The minimum absolute atomic E-state index is 0.0107. The number of aromatic nitrogens is 1. The number of nitrogens with two attached hydrogens (primary N) is 2. The first-order valence-electron chi connectivity index (χ1n) is 3.88. The molecule has 0 spiro atoms. The number of pyridine rings is 1. The Labute approximate surface area is 84.5 Å². The Balaban J connectivity index is 2.89. The van der Waals surface area contributed by atoms with E-state index in [2.05, 4.69) is 4.98 Å².